The van der Waals surface area contributed by atoms with Gasteiger partial charge in [-0.25, -0.2) is 0 Å². The average molecular weight is 332 g/mol. The van der Waals surface area contributed by atoms with E-state index in [0.29, 0.717) is 13.1 Å². The Morgan fingerprint density at radius 2 is 1.62 bits per heavy atom. The number of anilines is 1. The highest BCUT2D eigenvalue weighted by atomic mass is 16.2. The normalized spacial score (nSPS) is 16.4. The second-order valence-electron chi connectivity index (χ2n) is 6.92. The highest BCUT2D eigenvalue weighted by Gasteiger charge is 2.21. The fourth-order valence-corrected chi connectivity index (χ4v) is 3.22. The lowest BCUT2D eigenvalue weighted by Gasteiger charge is -2.22. The first-order valence-electron chi connectivity index (χ1n) is 8.92. The van der Waals surface area contributed by atoms with E-state index >= 15 is 0 Å². The molecular weight excluding hydrogens is 302 g/mol. The molecule has 0 saturated carbocycles. The van der Waals surface area contributed by atoms with Crippen LogP contribution in [0.5, 0.6) is 0 Å². The zero-order valence-corrected chi connectivity index (χ0v) is 15.2. The zero-order valence-electron chi connectivity index (χ0n) is 15.2. The van der Waals surface area contributed by atoms with E-state index in [2.05, 4.69) is 5.32 Å². The summed E-state index contributed by atoms with van der Waals surface area (Å²) in [5.41, 5.74) is 3.00. The fourth-order valence-electron chi connectivity index (χ4n) is 3.22. The van der Waals surface area contributed by atoms with Crippen molar-refractivity contribution in [2.24, 2.45) is 0 Å². The number of nitrogens with zero attached hydrogens (tertiary/aromatic N) is 1. The highest BCUT2D eigenvalue weighted by Crippen LogP contribution is 2.18. The number of benzene rings is 1. The summed E-state index contributed by atoms with van der Waals surface area (Å²) >= 11 is 0. The van der Waals surface area contributed by atoms with E-state index in [-0.39, 0.29) is 11.8 Å². The maximum atomic E-state index is 12.4. The van der Waals surface area contributed by atoms with E-state index in [1.54, 1.807) is 0 Å². The molecule has 1 aliphatic heterocycles. The van der Waals surface area contributed by atoms with Crippen LogP contribution in [0.3, 0.4) is 0 Å². The molecule has 1 unspecified atom stereocenters. The maximum Gasteiger partial charge on any atom is 0.279 e. The third kappa shape index (κ3) is 5.34. The minimum atomic E-state index is -0.0476. The molecule has 2 N–H and O–H groups in total. The Hall–Kier alpha value is -1.88. The van der Waals surface area contributed by atoms with Crippen LogP contribution in [0.2, 0.25) is 0 Å². The number of para-hydroxylation sites is 1. The number of quaternary nitrogens is 1. The Labute approximate surface area is 145 Å². The Morgan fingerprint density at radius 3 is 2.21 bits per heavy atom. The minimum Gasteiger partial charge on any atom is -0.338 e. The van der Waals surface area contributed by atoms with Gasteiger partial charge in [-0.3, -0.25) is 9.59 Å². The summed E-state index contributed by atoms with van der Waals surface area (Å²) in [5.74, 6) is 0.114. The molecule has 1 fully saturated rings. The largest absolute Gasteiger partial charge is 0.338 e. The molecule has 2 amide bonds. The van der Waals surface area contributed by atoms with Crippen LogP contribution in [0.25, 0.3) is 0 Å². The van der Waals surface area contributed by atoms with E-state index < -0.39 is 0 Å². The number of likely N-dealkylation sites (tertiary alicyclic amines) is 1. The number of hydrogen-bond acceptors (Lipinski definition) is 2. The van der Waals surface area contributed by atoms with Crippen LogP contribution in [0, 0.1) is 13.8 Å². The Bertz CT molecular complexity index is 558. The summed E-state index contributed by atoms with van der Waals surface area (Å²) in [7, 11) is 1.90. The molecule has 1 atom stereocenters. The number of rotatable bonds is 5. The van der Waals surface area contributed by atoms with E-state index in [1.165, 1.54) is 12.8 Å². The van der Waals surface area contributed by atoms with E-state index in [1.807, 2.05) is 44.0 Å². The van der Waals surface area contributed by atoms with Gasteiger partial charge in [0.05, 0.1) is 7.05 Å². The molecule has 132 valence electrons. The lowest BCUT2D eigenvalue weighted by molar-refractivity contribution is -0.862. The molecule has 0 radical (unpaired) electrons. The summed E-state index contributed by atoms with van der Waals surface area (Å²) in [4.78, 5) is 27.5. The van der Waals surface area contributed by atoms with Gasteiger partial charge in [0.25, 0.3) is 11.8 Å². The van der Waals surface area contributed by atoms with Crippen LogP contribution in [-0.2, 0) is 9.59 Å². The van der Waals surface area contributed by atoms with Crippen molar-refractivity contribution in [1.82, 2.24) is 4.90 Å². The number of amides is 2. The first kappa shape index (κ1) is 18.5. The van der Waals surface area contributed by atoms with Crippen molar-refractivity contribution in [3.63, 3.8) is 0 Å². The molecule has 0 spiro atoms. The summed E-state index contributed by atoms with van der Waals surface area (Å²) in [5, 5.41) is 2.99. The molecular formula is C19H30N3O2+. The Kier molecular flexibility index (Phi) is 6.79. The van der Waals surface area contributed by atoms with Crippen molar-refractivity contribution in [3.8, 4) is 0 Å². The molecule has 1 aromatic carbocycles. The van der Waals surface area contributed by atoms with Crippen molar-refractivity contribution >= 4 is 17.5 Å². The fraction of sp³-hybridized carbons (Fsp3) is 0.579. The number of hydrogen-bond donors (Lipinski definition) is 2. The van der Waals surface area contributed by atoms with Crippen LogP contribution < -0.4 is 10.2 Å². The predicted molar refractivity (Wildman–Crippen MR) is 96.2 cm³/mol. The third-order valence-corrected chi connectivity index (χ3v) is 4.62. The molecule has 0 bridgehead atoms. The molecule has 2 rings (SSSR count). The summed E-state index contributed by atoms with van der Waals surface area (Å²) < 4.78 is 0. The number of aryl methyl sites for hydroxylation is 2. The Balaban J connectivity index is 1.84. The predicted octanol–water partition coefficient (Wildman–Crippen LogP) is 1.16. The number of carbonyl (C=O) groups excluding carboxylic acids is 2. The summed E-state index contributed by atoms with van der Waals surface area (Å²) in [6.07, 6.45) is 4.62. The van der Waals surface area contributed by atoms with Gasteiger partial charge < -0.3 is 15.1 Å². The van der Waals surface area contributed by atoms with Crippen molar-refractivity contribution in [2.45, 2.75) is 39.5 Å². The van der Waals surface area contributed by atoms with E-state index in [9.17, 15) is 9.59 Å². The molecule has 0 aliphatic carbocycles. The second kappa shape index (κ2) is 8.83. The first-order valence-corrected chi connectivity index (χ1v) is 8.92. The lowest BCUT2D eigenvalue weighted by Crippen LogP contribution is -3.11. The van der Waals surface area contributed by atoms with Gasteiger partial charge in [-0.1, -0.05) is 31.0 Å². The SMILES string of the molecule is Cc1cccc(C)c1NC(=O)C[NH+](C)CC(=O)N1CCCCCC1. The zero-order chi connectivity index (χ0) is 17.5. The van der Waals surface area contributed by atoms with E-state index in [4.69, 9.17) is 0 Å². The third-order valence-electron chi connectivity index (χ3n) is 4.62. The van der Waals surface area contributed by atoms with Crippen LogP contribution in [0.4, 0.5) is 5.69 Å². The summed E-state index contributed by atoms with van der Waals surface area (Å²) in [6.45, 7) is 6.37. The van der Waals surface area contributed by atoms with Gasteiger partial charge in [-0.05, 0) is 37.8 Å². The molecule has 1 aliphatic rings. The Morgan fingerprint density at radius 1 is 1.04 bits per heavy atom. The quantitative estimate of drug-likeness (QED) is 0.850. The van der Waals surface area contributed by atoms with Crippen molar-refractivity contribution in [2.75, 3.05) is 38.5 Å². The smallest absolute Gasteiger partial charge is 0.279 e. The highest BCUT2D eigenvalue weighted by molar-refractivity contribution is 5.93. The van der Waals surface area contributed by atoms with Gasteiger partial charge >= 0.3 is 0 Å². The first-order chi connectivity index (χ1) is 11.5. The summed E-state index contributed by atoms with van der Waals surface area (Å²) in [6, 6.07) is 5.96. The minimum absolute atomic E-state index is 0.0476. The molecule has 1 saturated heterocycles. The molecule has 5 nitrogen and oxygen atoms in total. The maximum absolute atomic E-state index is 12.4. The molecule has 1 aromatic rings. The van der Waals surface area contributed by atoms with Gasteiger partial charge in [0, 0.05) is 18.8 Å². The monoisotopic (exact) mass is 332 g/mol. The molecule has 5 heteroatoms. The van der Waals surface area contributed by atoms with Gasteiger partial charge in [0.2, 0.25) is 0 Å². The lowest BCUT2D eigenvalue weighted by atomic mass is 10.1. The molecule has 0 aromatic heterocycles. The number of carbonyl (C=O) groups is 2. The standard InChI is InChI=1S/C19H29N3O2/c1-15-9-8-10-16(2)19(15)20-17(23)13-21(3)14-18(24)22-11-6-4-5-7-12-22/h8-10H,4-7,11-14H2,1-3H3,(H,20,23)/p+1. The van der Waals surface area contributed by atoms with Gasteiger partial charge in [0.15, 0.2) is 13.1 Å². The van der Waals surface area contributed by atoms with Crippen LogP contribution >= 0.6 is 0 Å². The molecule has 24 heavy (non-hydrogen) atoms. The number of nitrogens with one attached hydrogen (secondary N) is 2. The van der Waals surface area contributed by atoms with Crippen LogP contribution in [0.1, 0.15) is 36.8 Å². The number of likely N-dealkylation sites (N-methyl/N-ethyl adjacent to an activating group) is 1. The van der Waals surface area contributed by atoms with Crippen molar-refractivity contribution in [3.05, 3.63) is 29.3 Å². The van der Waals surface area contributed by atoms with Crippen molar-refractivity contribution < 1.29 is 14.5 Å². The van der Waals surface area contributed by atoms with Crippen LogP contribution in [0.15, 0.2) is 18.2 Å². The average Bonchev–Trinajstić information content (AvgIpc) is 2.80. The van der Waals surface area contributed by atoms with E-state index in [0.717, 1.165) is 47.6 Å². The van der Waals surface area contributed by atoms with Gasteiger partial charge in [0.1, 0.15) is 0 Å². The van der Waals surface area contributed by atoms with Gasteiger partial charge in [-0.2, -0.15) is 0 Å². The van der Waals surface area contributed by atoms with Gasteiger partial charge in [-0.15, -0.1) is 0 Å². The second-order valence-corrected chi connectivity index (χ2v) is 6.92. The van der Waals surface area contributed by atoms with Crippen molar-refractivity contribution in [1.29, 1.82) is 0 Å². The molecule has 1 heterocycles. The topological polar surface area (TPSA) is 53.9 Å². The van der Waals surface area contributed by atoms with Crippen LogP contribution in [-0.4, -0.2) is 49.9 Å².